The van der Waals surface area contributed by atoms with Crippen LogP contribution in [-0.4, -0.2) is 41.2 Å². The first-order valence-corrected chi connectivity index (χ1v) is 16.3. The number of amides is 3. The summed E-state index contributed by atoms with van der Waals surface area (Å²) >= 11 is 0. The molecule has 6 heteroatoms. The second kappa shape index (κ2) is 11.9. The Morgan fingerprint density at radius 1 is 0.750 bits per heavy atom. The summed E-state index contributed by atoms with van der Waals surface area (Å²) < 4.78 is 0. The molecule has 0 unspecified atom stereocenters. The normalized spacial score (nSPS) is 23.7. The molecule has 3 aromatic carbocycles. The largest absolute Gasteiger partial charge is 0.347 e. The molecule has 0 aromatic heterocycles. The Labute approximate surface area is 261 Å². The number of rotatable bonds is 7. The molecule has 1 aliphatic heterocycles. The van der Waals surface area contributed by atoms with Crippen LogP contribution in [0.25, 0.3) is 11.1 Å². The molecule has 0 radical (unpaired) electrons. The van der Waals surface area contributed by atoms with E-state index in [2.05, 4.69) is 55.7 Å². The molecule has 2 N–H and O–H groups in total. The SMILES string of the molecule is CC(C)(C)c1ccc(-c2ccccc2C(=O)NC23CCC(C(=O)N[C@H](C(=O)N4CCCC4)c4ccccc4)(CC2)CC3)cc1. The maximum atomic E-state index is 13.9. The zero-order valence-corrected chi connectivity index (χ0v) is 26.3. The molecule has 230 valence electrons. The monoisotopic (exact) mass is 591 g/mol. The highest BCUT2D eigenvalue weighted by Gasteiger charge is 2.53. The topological polar surface area (TPSA) is 78.5 Å². The van der Waals surface area contributed by atoms with Crippen LogP contribution in [0.1, 0.15) is 99.7 Å². The lowest BCUT2D eigenvalue weighted by molar-refractivity contribution is -0.143. The van der Waals surface area contributed by atoms with Gasteiger partial charge in [-0.15, -0.1) is 0 Å². The number of hydrogen-bond acceptors (Lipinski definition) is 3. The number of fused-ring (bicyclic) bond motifs is 3. The molecule has 7 rings (SSSR count). The zero-order valence-electron chi connectivity index (χ0n) is 26.3. The van der Waals surface area contributed by atoms with Gasteiger partial charge in [-0.3, -0.25) is 14.4 Å². The Hall–Kier alpha value is -3.93. The molecule has 4 fully saturated rings. The minimum atomic E-state index is -0.668. The van der Waals surface area contributed by atoms with Crippen molar-refractivity contribution >= 4 is 17.7 Å². The number of carbonyl (C=O) groups excluding carboxylic acids is 3. The van der Waals surface area contributed by atoms with Gasteiger partial charge >= 0.3 is 0 Å². The van der Waals surface area contributed by atoms with Crippen molar-refractivity contribution in [2.75, 3.05) is 13.1 Å². The Morgan fingerprint density at radius 2 is 1.34 bits per heavy atom. The number of nitrogens with one attached hydrogen (secondary N) is 2. The highest BCUT2D eigenvalue weighted by molar-refractivity contribution is 6.01. The minimum Gasteiger partial charge on any atom is -0.347 e. The van der Waals surface area contributed by atoms with E-state index in [0.717, 1.165) is 61.9 Å². The summed E-state index contributed by atoms with van der Waals surface area (Å²) in [7, 11) is 0. The van der Waals surface area contributed by atoms with Crippen LogP contribution in [0.2, 0.25) is 0 Å². The van der Waals surface area contributed by atoms with Gasteiger partial charge in [0.2, 0.25) is 11.8 Å². The Morgan fingerprint density at radius 3 is 1.95 bits per heavy atom. The van der Waals surface area contributed by atoms with E-state index in [1.807, 2.05) is 59.5 Å². The number of hydrogen-bond donors (Lipinski definition) is 2. The first kappa shape index (κ1) is 30.1. The van der Waals surface area contributed by atoms with Gasteiger partial charge in [-0.05, 0) is 85.1 Å². The lowest BCUT2D eigenvalue weighted by atomic mass is 9.56. The molecular weight excluding hydrogens is 546 g/mol. The maximum absolute atomic E-state index is 13.9. The third kappa shape index (κ3) is 5.91. The van der Waals surface area contributed by atoms with Crippen LogP contribution >= 0.6 is 0 Å². The molecule has 1 saturated heterocycles. The molecule has 3 aromatic rings. The molecule has 3 saturated carbocycles. The second-order valence-corrected chi connectivity index (χ2v) is 14.2. The van der Waals surface area contributed by atoms with E-state index in [1.165, 1.54) is 5.56 Å². The van der Waals surface area contributed by atoms with Crippen LogP contribution < -0.4 is 10.6 Å². The molecule has 2 bridgehead atoms. The van der Waals surface area contributed by atoms with Crippen LogP contribution in [0.3, 0.4) is 0 Å². The first-order chi connectivity index (χ1) is 21.1. The molecule has 0 spiro atoms. The van der Waals surface area contributed by atoms with E-state index < -0.39 is 11.5 Å². The van der Waals surface area contributed by atoms with E-state index >= 15 is 0 Å². The van der Waals surface area contributed by atoms with Crippen LogP contribution in [-0.2, 0) is 15.0 Å². The minimum absolute atomic E-state index is 0.0154. The number of carbonyl (C=O) groups is 3. The van der Waals surface area contributed by atoms with Crippen LogP contribution in [0.5, 0.6) is 0 Å². The molecule has 3 amide bonds. The van der Waals surface area contributed by atoms with Crippen molar-refractivity contribution < 1.29 is 14.4 Å². The van der Waals surface area contributed by atoms with Gasteiger partial charge in [0.15, 0.2) is 0 Å². The summed E-state index contributed by atoms with van der Waals surface area (Å²) in [5, 5.41) is 6.63. The van der Waals surface area contributed by atoms with Gasteiger partial charge in [0.05, 0.1) is 0 Å². The summed E-state index contributed by atoms with van der Waals surface area (Å²) in [6.45, 7) is 8.09. The molecule has 1 atom stereocenters. The van der Waals surface area contributed by atoms with E-state index in [0.29, 0.717) is 24.8 Å². The van der Waals surface area contributed by atoms with Crippen molar-refractivity contribution in [1.82, 2.24) is 15.5 Å². The summed E-state index contributed by atoms with van der Waals surface area (Å²) in [5.74, 6) is -0.0966. The molecule has 1 heterocycles. The average Bonchev–Trinajstić information content (AvgIpc) is 3.59. The highest BCUT2D eigenvalue weighted by Crippen LogP contribution is 2.53. The quantitative estimate of drug-likeness (QED) is 0.312. The van der Waals surface area contributed by atoms with Crippen molar-refractivity contribution in [3.63, 3.8) is 0 Å². The number of benzene rings is 3. The van der Waals surface area contributed by atoms with Crippen LogP contribution in [0, 0.1) is 5.41 Å². The van der Waals surface area contributed by atoms with Crippen molar-refractivity contribution in [1.29, 1.82) is 0 Å². The zero-order chi connectivity index (χ0) is 31.0. The standard InChI is InChI=1S/C38H45N3O3/c1-36(2,3)29-17-15-27(16-18-29)30-13-7-8-14-31(30)33(42)40-38-22-19-37(20-23-38,21-24-38)35(44)39-32(28-11-5-4-6-12-28)34(43)41-25-9-10-26-41/h4-8,11-18,32H,9-10,19-26H2,1-3H3,(H,39,44)(H,40,42)/t32-,37?,38?/m0/s1. The smallest absolute Gasteiger partial charge is 0.252 e. The number of nitrogens with zero attached hydrogens (tertiary/aromatic N) is 1. The third-order valence-corrected chi connectivity index (χ3v) is 10.4. The van der Waals surface area contributed by atoms with Crippen molar-refractivity contribution in [2.24, 2.45) is 5.41 Å². The van der Waals surface area contributed by atoms with Crippen molar-refractivity contribution in [3.05, 3.63) is 95.6 Å². The summed E-state index contributed by atoms with van der Waals surface area (Å²) in [6, 6.07) is 25.3. The first-order valence-electron chi connectivity index (χ1n) is 16.3. The predicted molar refractivity (Wildman–Crippen MR) is 174 cm³/mol. The van der Waals surface area contributed by atoms with E-state index in [9.17, 15) is 14.4 Å². The average molecular weight is 592 g/mol. The fourth-order valence-corrected chi connectivity index (χ4v) is 7.44. The highest BCUT2D eigenvalue weighted by atomic mass is 16.2. The van der Waals surface area contributed by atoms with Crippen LogP contribution in [0.15, 0.2) is 78.9 Å². The van der Waals surface area contributed by atoms with Crippen molar-refractivity contribution in [2.45, 2.75) is 89.1 Å². The lowest BCUT2D eigenvalue weighted by Crippen LogP contribution is -2.60. The molecule has 6 nitrogen and oxygen atoms in total. The van der Waals surface area contributed by atoms with Gasteiger partial charge in [0, 0.05) is 29.6 Å². The second-order valence-electron chi connectivity index (χ2n) is 14.2. The molecular formula is C38H45N3O3. The predicted octanol–water partition coefficient (Wildman–Crippen LogP) is 6.95. The Balaban J connectivity index is 1.14. The van der Waals surface area contributed by atoms with Gasteiger partial charge in [-0.25, -0.2) is 0 Å². The van der Waals surface area contributed by atoms with Gasteiger partial charge in [0.25, 0.3) is 5.91 Å². The molecule has 4 aliphatic rings. The van der Waals surface area contributed by atoms with Gasteiger partial charge < -0.3 is 15.5 Å². The Kier molecular flexibility index (Phi) is 8.12. The van der Waals surface area contributed by atoms with E-state index in [1.54, 1.807) is 0 Å². The summed E-state index contributed by atoms with van der Waals surface area (Å²) in [6.07, 6.45) is 6.39. The van der Waals surface area contributed by atoms with Gasteiger partial charge in [-0.1, -0.05) is 93.6 Å². The molecule has 44 heavy (non-hydrogen) atoms. The van der Waals surface area contributed by atoms with E-state index in [-0.39, 0.29) is 28.7 Å². The summed E-state index contributed by atoms with van der Waals surface area (Å²) in [4.78, 5) is 43.2. The Bertz CT molecular complexity index is 1490. The fourth-order valence-electron chi connectivity index (χ4n) is 7.44. The molecule has 3 aliphatic carbocycles. The third-order valence-electron chi connectivity index (χ3n) is 10.4. The summed E-state index contributed by atoms with van der Waals surface area (Å²) in [5.41, 5.74) is 3.97. The number of likely N-dealkylation sites (tertiary alicyclic amines) is 1. The van der Waals surface area contributed by atoms with Crippen LogP contribution in [0.4, 0.5) is 0 Å². The maximum Gasteiger partial charge on any atom is 0.252 e. The van der Waals surface area contributed by atoms with Gasteiger partial charge in [-0.2, -0.15) is 0 Å². The fraction of sp³-hybridized carbons (Fsp3) is 0.447. The van der Waals surface area contributed by atoms with Gasteiger partial charge in [0.1, 0.15) is 6.04 Å². The van der Waals surface area contributed by atoms with Crippen molar-refractivity contribution in [3.8, 4) is 11.1 Å². The van der Waals surface area contributed by atoms with E-state index in [4.69, 9.17) is 0 Å². The lowest BCUT2D eigenvalue weighted by Gasteiger charge is -2.52.